The molecule has 8 heteroatoms. The molecule has 0 saturated heterocycles. The van der Waals surface area contributed by atoms with E-state index in [4.69, 9.17) is 9.72 Å². The van der Waals surface area contributed by atoms with Crippen LogP contribution in [0.5, 0.6) is 0 Å². The first kappa shape index (κ1) is 25.6. The minimum Gasteiger partial charge on any atom is -0.375 e. The van der Waals surface area contributed by atoms with Crippen LogP contribution in [0.3, 0.4) is 0 Å². The van der Waals surface area contributed by atoms with Crippen molar-refractivity contribution in [1.82, 2.24) is 20.1 Å². The van der Waals surface area contributed by atoms with E-state index in [-0.39, 0.29) is 35.6 Å². The Morgan fingerprint density at radius 2 is 2.18 bits per heavy atom. The smallest absolute Gasteiger partial charge is 0.193 e. The Labute approximate surface area is 192 Å². The highest BCUT2D eigenvalue weighted by molar-refractivity contribution is 14.0. The van der Waals surface area contributed by atoms with Crippen molar-refractivity contribution >= 4 is 41.3 Å². The standard InChI is InChI=1S/C20H37N5OS.HI/c1-15-9-8-10-20(11-15,24(4)5)14-22-19(21-3)25(6)12-17-13-27-18(23-17)16(2)26-7;/h13,15-16H,8-12,14H2,1-7H3,(H,21,22);1H. The Balaban J connectivity index is 0.00000392. The average molecular weight is 524 g/mol. The van der Waals surface area contributed by atoms with Crippen LogP contribution in [-0.4, -0.2) is 68.1 Å². The molecule has 3 unspecified atom stereocenters. The molecule has 28 heavy (non-hydrogen) atoms. The Hall–Kier alpha value is -0.450. The maximum atomic E-state index is 5.36. The molecule has 1 fully saturated rings. The number of thiazole rings is 1. The molecule has 0 radical (unpaired) electrons. The first-order valence-corrected chi connectivity index (χ1v) is 10.8. The summed E-state index contributed by atoms with van der Waals surface area (Å²) in [5, 5.41) is 6.76. The van der Waals surface area contributed by atoms with Crippen LogP contribution in [0, 0.1) is 5.92 Å². The van der Waals surface area contributed by atoms with Crippen molar-refractivity contribution in [1.29, 1.82) is 0 Å². The second kappa shape index (κ2) is 11.7. The highest BCUT2D eigenvalue weighted by Crippen LogP contribution is 2.35. The predicted molar refractivity (Wildman–Crippen MR) is 130 cm³/mol. The van der Waals surface area contributed by atoms with Gasteiger partial charge in [0.05, 0.1) is 12.2 Å². The summed E-state index contributed by atoms with van der Waals surface area (Å²) < 4.78 is 5.36. The van der Waals surface area contributed by atoms with Crippen LogP contribution in [0.25, 0.3) is 0 Å². The molecule has 6 nitrogen and oxygen atoms in total. The SMILES string of the molecule is CN=C(NCC1(N(C)C)CCCC(C)C1)N(C)Cc1csc(C(C)OC)n1.I. The van der Waals surface area contributed by atoms with Crippen LogP contribution in [0.1, 0.15) is 56.3 Å². The zero-order chi connectivity index (χ0) is 20.0. The van der Waals surface area contributed by atoms with Gasteiger partial charge in [-0.05, 0) is 39.8 Å². The van der Waals surface area contributed by atoms with Crippen LogP contribution in [0.2, 0.25) is 0 Å². The van der Waals surface area contributed by atoms with Gasteiger partial charge >= 0.3 is 0 Å². The summed E-state index contributed by atoms with van der Waals surface area (Å²) in [7, 11) is 10.1. The molecule has 1 aliphatic carbocycles. The van der Waals surface area contributed by atoms with Crippen LogP contribution in [-0.2, 0) is 11.3 Å². The topological polar surface area (TPSA) is 53.0 Å². The van der Waals surface area contributed by atoms with Gasteiger partial charge in [0.1, 0.15) is 11.1 Å². The van der Waals surface area contributed by atoms with Crippen LogP contribution >= 0.6 is 35.3 Å². The molecule has 3 atom stereocenters. The molecule has 0 aliphatic heterocycles. The minimum absolute atomic E-state index is 0. The lowest BCUT2D eigenvalue weighted by Gasteiger charge is -2.45. The summed E-state index contributed by atoms with van der Waals surface area (Å²) in [4.78, 5) is 13.7. The van der Waals surface area contributed by atoms with Gasteiger partial charge in [0.25, 0.3) is 0 Å². The number of likely N-dealkylation sites (N-methyl/N-ethyl adjacent to an activating group) is 1. The van der Waals surface area contributed by atoms with E-state index in [2.05, 4.69) is 53.6 Å². The average Bonchev–Trinajstić information content (AvgIpc) is 3.10. The van der Waals surface area contributed by atoms with E-state index in [9.17, 15) is 0 Å². The summed E-state index contributed by atoms with van der Waals surface area (Å²) in [5.74, 6) is 1.70. The Bertz CT molecular complexity index is 623. The fourth-order valence-corrected chi connectivity index (χ4v) is 4.83. The van der Waals surface area contributed by atoms with Crippen molar-refractivity contribution in [3.63, 3.8) is 0 Å². The summed E-state index contributed by atoms with van der Waals surface area (Å²) in [6.07, 6.45) is 5.16. The fourth-order valence-electron chi connectivity index (χ4n) is 3.99. The summed E-state index contributed by atoms with van der Waals surface area (Å²) in [6.45, 7) is 6.06. The van der Waals surface area contributed by atoms with Crippen molar-refractivity contribution in [2.75, 3.05) is 41.8 Å². The Morgan fingerprint density at radius 3 is 2.75 bits per heavy atom. The summed E-state index contributed by atoms with van der Waals surface area (Å²) in [6, 6.07) is 0. The van der Waals surface area contributed by atoms with Crippen molar-refractivity contribution in [2.24, 2.45) is 10.9 Å². The maximum absolute atomic E-state index is 5.36. The number of rotatable bonds is 7. The Kier molecular flexibility index (Phi) is 10.7. The molecule has 1 N–H and O–H groups in total. The van der Waals surface area contributed by atoms with Crippen LogP contribution in [0.15, 0.2) is 10.4 Å². The van der Waals surface area contributed by atoms with Gasteiger partial charge in [-0.2, -0.15) is 0 Å². The number of halogens is 1. The van der Waals surface area contributed by atoms with E-state index in [0.717, 1.165) is 35.7 Å². The molecule has 1 aliphatic rings. The van der Waals surface area contributed by atoms with Crippen LogP contribution in [0.4, 0.5) is 0 Å². The number of hydrogen-bond donors (Lipinski definition) is 1. The third-order valence-electron chi connectivity index (χ3n) is 5.84. The van der Waals surface area contributed by atoms with Gasteiger partial charge in [-0.15, -0.1) is 35.3 Å². The molecule has 0 spiro atoms. The highest BCUT2D eigenvalue weighted by atomic mass is 127. The zero-order valence-electron chi connectivity index (χ0n) is 18.5. The summed E-state index contributed by atoms with van der Waals surface area (Å²) in [5.41, 5.74) is 1.26. The molecule has 1 heterocycles. The first-order valence-electron chi connectivity index (χ1n) is 9.87. The molecular weight excluding hydrogens is 485 g/mol. The molecule has 1 aromatic rings. The monoisotopic (exact) mass is 523 g/mol. The molecular formula is C20H38IN5OS. The first-order chi connectivity index (χ1) is 12.8. The van der Waals surface area contributed by atoms with Crippen molar-refractivity contribution < 1.29 is 4.74 Å². The molecule has 1 saturated carbocycles. The lowest BCUT2D eigenvalue weighted by Crippen LogP contribution is -2.56. The predicted octanol–water partition coefficient (Wildman–Crippen LogP) is 3.99. The molecule has 0 amide bonds. The zero-order valence-corrected chi connectivity index (χ0v) is 21.6. The summed E-state index contributed by atoms with van der Waals surface area (Å²) >= 11 is 1.65. The van der Waals surface area contributed by atoms with E-state index >= 15 is 0 Å². The van der Waals surface area contributed by atoms with Crippen LogP contribution < -0.4 is 5.32 Å². The molecule has 2 rings (SSSR count). The number of hydrogen-bond acceptors (Lipinski definition) is 5. The molecule has 162 valence electrons. The number of nitrogens with zero attached hydrogens (tertiary/aromatic N) is 4. The third-order valence-corrected chi connectivity index (χ3v) is 6.89. The number of methoxy groups -OCH3 is 1. The fraction of sp³-hybridized carbons (Fsp3) is 0.800. The third kappa shape index (κ3) is 6.53. The van der Waals surface area contributed by atoms with Gasteiger partial charge in [-0.3, -0.25) is 4.99 Å². The van der Waals surface area contributed by atoms with E-state index in [0.29, 0.717) is 0 Å². The highest BCUT2D eigenvalue weighted by Gasteiger charge is 2.37. The quantitative estimate of drug-likeness (QED) is 0.333. The maximum Gasteiger partial charge on any atom is 0.193 e. The lowest BCUT2D eigenvalue weighted by atomic mass is 9.75. The molecule has 1 aromatic heterocycles. The number of guanidine groups is 1. The van der Waals surface area contributed by atoms with Gasteiger partial charge < -0.3 is 19.9 Å². The van der Waals surface area contributed by atoms with Crippen molar-refractivity contribution in [3.05, 3.63) is 16.1 Å². The molecule has 0 bridgehead atoms. The Morgan fingerprint density at radius 1 is 1.46 bits per heavy atom. The van der Waals surface area contributed by atoms with Gasteiger partial charge in [0.2, 0.25) is 0 Å². The van der Waals surface area contributed by atoms with Crippen molar-refractivity contribution in [3.8, 4) is 0 Å². The lowest BCUT2D eigenvalue weighted by molar-refractivity contribution is 0.0790. The van der Waals surface area contributed by atoms with Gasteiger partial charge in [-0.25, -0.2) is 4.98 Å². The number of aromatic nitrogens is 1. The van der Waals surface area contributed by atoms with Crippen molar-refractivity contribution in [2.45, 2.75) is 57.7 Å². The molecule has 0 aromatic carbocycles. The number of nitrogens with one attached hydrogen (secondary N) is 1. The van der Waals surface area contributed by atoms with Gasteiger partial charge in [-0.1, -0.05) is 19.8 Å². The minimum atomic E-state index is 0. The second-order valence-electron chi connectivity index (χ2n) is 8.13. The van der Waals surface area contributed by atoms with E-state index in [1.165, 1.54) is 25.7 Å². The van der Waals surface area contributed by atoms with Gasteiger partial charge in [0.15, 0.2) is 5.96 Å². The van der Waals surface area contributed by atoms with E-state index in [1.807, 2.05) is 14.0 Å². The van der Waals surface area contributed by atoms with Gasteiger partial charge in [0, 0.05) is 38.7 Å². The second-order valence-corrected chi connectivity index (χ2v) is 9.02. The van der Waals surface area contributed by atoms with E-state index in [1.54, 1.807) is 18.4 Å². The number of ether oxygens (including phenoxy) is 1. The van der Waals surface area contributed by atoms with E-state index < -0.39 is 0 Å². The largest absolute Gasteiger partial charge is 0.375 e. The normalized spacial score (nSPS) is 24.0. The number of aliphatic imine (C=N–C) groups is 1.